The van der Waals surface area contributed by atoms with Gasteiger partial charge >= 0.3 is 0 Å². The Kier molecular flexibility index (Phi) is 4.73. The first-order chi connectivity index (χ1) is 10.7. The van der Waals surface area contributed by atoms with Gasteiger partial charge < -0.3 is 16.0 Å². The Morgan fingerprint density at radius 2 is 2.00 bits per heavy atom. The van der Waals surface area contributed by atoms with Crippen molar-refractivity contribution in [2.45, 2.75) is 56.8 Å². The molecular weight excluding hydrogens is 278 g/mol. The third-order valence-electron chi connectivity index (χ3n) is 4.70. The molecule has 1 aliphatic heterocycles. The van der Waals surface area contributed by atoms with Gasteiger partial charge in [0.2, 0.25) is 5.91 Å². The molecule has 0 aromatic heterocycles. The summed E-state index contributed by atoms with van der Waals surface area (Å²) in [4.78, 5) is 24.2. The number of fused-ring (bicyclic) bond motifs is 1. The van der Waals surface area contributed by atoms with Crippen LogP contribution in [0.3, 0.4) is 0 Å². The molecule has 1 aromatic carbocycles. The van der Waals surface area contributed by atoms with E-state index in [-0.39, 0.29) is 24.3 Å². The molecule has 0 spiro atoms. The average molecular weight is 302 g/mol. The number of hydrogen-bond donors (Lipinski definition) is 3. The predicted octanol–water partition coefficient (Wildman–Crippen LogP) is 0.0659. The molecule has 0 bridgehead atoms. The van der Waals surface area contributed by atoms with E-state index >= 15 is 0 Å². The average Bonchev–Trinajstić information content (AvgIpc) is 2.55. The van der Waals surface area contributed by atoms with Crippen molar-refractivity contribution in [3.05, 3.63) is 35.9 Å². The van der Waals surface area contributed by atoms with E-state index in [0.29, 0.717) is 18.6 Å². The van der Waals surface area contributed by atoms with E-state index in [2.05, 4.69) is 16.0 Å². The zero-order valence-electron chi connectivity index (χ0n) is 12.8. The van der Waals surface area contributed by atoms with Gasteiger partial charge in [-0.15, -0.1) is 0 Å². The van der Waals surface area contributed by atoms with Gasteiger partial charge in [0.15, 0.2) is 6.04 Å². The Hall–Kier alpha value is -1.88. The maximum Gasteiger partial charge on any atom is 0.279 e. The molecule has 2 fully saturated rings. The van der Waals surface area contributed by atoms with Crippen LogP contribution in [0, 0.1) is 0 Å². The minimum atomic E-state index is -0.282. The van der Waals surface area contributed by atoms with Crippen LogP contribution in [-0.2, 0) is 16.1 Å². The van der Waals surface area contributed by atoms with Gasteiger partial charge in [-0.1, -0.05) is 36.8 Å². The maximum atomic E-state index is 12.1. The molecule has 3 atom stereocenters. The molecule has 3 rings (SSSR count). The van der Waals surface area contributed by atoms with E-state index in [0.717, 1.165) is 18.4 Å². The number of carbonyl (C=O) groups excluding carboxylic acids is 2. The Morgan fingerprint density at radius 3 is 2.82 bits per heavy atom. The molecule has 0 unspecified atom stereocenters. The highest BCUT2D eigenvalue weighted by Gasteiger charge is 2.40. The number of piperazine rings is 1. The molecule has 1 aromatic rings. The van der Waals surface area contributed by atoms with Crippen molar-refractivity contribution in [1.82, 2.24) is 10.6 Å². The van der Waals surface area contributed by atoms with E-state index < -0.39 is 0 Å². The van der Waals surface area contributed by atoms with Gasteiger partial charge in [0.1, 0.15) is 6.04 Å². The molecule has 4 N–H and O–H groups in total. The van der Waals surface area contributed by atoms with Crippen molar-refractivity contribution < 1.29 is 14.9 Å². The first-order valence-corrected chi connectivity index (χ1v) is 8.18. The molecule has 2 aliphatic rings. The van der Waals surface area contributed by atoms with Crippen LogP contribution in [0.2, 0.25) is 0 Å². The van der Waals surface area contributed by atoms with Crippen molar-refractivity contribution in [3.63, 3.8) is 0 Å². The minimum Gasteiger partial charge on any atom is -0.352 e. The van der Waals surface area contributed by atoms with Gasteiger partial charge in [0, 0.05) is 13.0 Å². The number of quaternary nitrogens is 1. The number of benzene rings is 1. The van der Waals surface area contributed by atoms with Crippen molar-refractivity contribution in [2.75, 3.05) is 0 Å². The lowest BCUT2D eigenvalue weighted by molar-refractivity contribution is -0.718. The van der Waals surface area contributed by atoms with Gasteiger partial charge in [0.05, 0.1) is 12.5 Å². The topological polar surface area (TPSA) is 74.8 Å². The van der Waals surface area contributed by atoms with Gasteiger partial charge in [0.25, 0.3) is 5.91 Å². The molecule has 2 amide bonds. The summed E-state index contributed by atoms with van der Waals surface area (Å²) in [7, 11) is 0. The quantitative estimate of drug-likeness (QED) is 0.736. The fourth-order valence-corrected chi connectivity index (χ4v) is 3.47. The summed E-state index contributed by atoms with van der Waals surface area (Å²) >= 11 is 0. The SMILES string of the molecule is O=C(C[C@H]1[NH2+][C@@H]2CCCC[C@@H]2NC1=O)NCc1ccccc1. The van der Waals surface area contributed by atoms with Gasteiger partial charge in [-0.3, -0.25) is 9.59 Å². The molecule has 1 heterocycles. The van der Waals surface area contributed by atoms with Crippen LogP contribution in [-0.4, -0.2) is 29.9 Å². The lowest BCUT2D eigenvalue weighted by Crippen LogP contribution is -3.03. The highest BCUT2D eigenvalue weighted by atomic mass is 16.2. The summed E-state index contributed by atoms with van der Waals surface area (Å²) in [6, 6.07) is 10.3. The molecule has 1 aliphatic carbocycles. The summed E-state index contributed by atoms with van der Waals surface area (Å²) in [5.74, 6) is -0.0486. The van der Waals surface area contributed by atoms with Gasteiger partial charge in [-0.25, -0.2) is 0 Å². The summed E-state index contributed by atoms with van der Waals surface area (Å²) < 4.78 is 0. The number of carbonyl (C=O) groups is 2. The van der Waals surface area contributed by atoms with Gasteiger partial charge in [-0.05, 0) is 18.4 Å². The number of hydrogen-bond acceptors (Lipinski definition) is 2. The Labute approximate surface area is 130 Å². The van der Waals surface area contributed by atoms with Crippen LogP contribution in [0.15, 0.2) is 30.3 Å². The van der Waals surface area contributed by atoms with Crippen LogP contribution in [0.4, 0.5) is 0 Å². The zero-order chi connectivity index (χ0) is 15.4. The highest BCUT2D eigenvalue weighted by molar-refractivity contribution is 5.87. The fourth-order valence-electron chi connectivity index (χ4n) is 3.47. The predicted molar refractivity (Wildman–Crippen MR) is 82.8 cm³/mol. The van der Waals surface area contributed by atoms with E-state index in [1.54, 1.807) is 0 Å². The van der Waals surface area contributed by atoms with E-state index in [4.69, 9.17) is 0 Å². The third-order valence-corrected chi connectivity index (χ3v) is 4.70. The molecule has 5 nitrogen and oxygen atoms in total. The van der Waals surface area contributed by atoms with Crippen LogP contribution in [0.1, 0.15) is 37.7 Å². The highest BCUT2D eigenvalue weighted by Crippen LogP contribution is 2.18. The first kappa shape index (κ1) is 15.0. The smallest absolute Gasteiger partial charge is 0.279 e. The summed E-state index contributed by atoms with van der Waals surface area (Å²) in [6.07, 6.45) is 4.87. The molecule has 0 radical (unpaired) electrons. The molecule has 1 saturated heterocycles. The first-order valence-electron chi connectivity index (χ1n) is 8.18. The second-order valence-corrected chi connectivity index (χ2v) is 6.33. The Morgan fingerprint density at radius 1 is 1.23 bits per heavy atom. The van der Waals surface area contributed by atoms with E-state index in [9.17, 15) is 9.59 Å². The Balaban J connectivity index is 1.49. The van der Waals surface area contributed by atoms with E-state index in [1.165, 1.54) is 12.8 Å². The fraction of sp³-hybridized carbons (Fsp3) is 0.529. The minimum absolute atomic E-state index is 0.0120. The number of rotatable bonds is 4. The molecule has 118 valence electrons. The number of nitrogens with one attached hydrogen (secondary N) is 2. The Bertz CT molecular complexity index is 532. The molecular formula is C17H24N3O2+. The number of amides is 2. The second kappa shape index (κ2) is 6.92. The molecule has 1 saturated carbocycles. The van der Waals surface area contributed by atoms with Crippen LogP contribution in [0.25, 0.3) is 0 Å². The lowest BCUT2D eigenvalue weighted by atomic mass is 9.87. The largest absolute Gasteiger partial charge is 0.352 e. The van der Waals surface area contributed by atoms with E-state index in [1.807, 2.05) is 30.3 Å². The standard InChI is InChI=1S/C17H23N3O2/c21-16(18-11-12-6-2-1-3-7-12)10-15-17(22)20-14-9-5-4-8-13(14)19-15/h1-3,6-7,13-15,19H,4-5,8-11H2,(H,18,21)(H,20,22)/p+1/t13-,14+,15-/m1/s1. The summed E-state index contributed by atoms with van der Waals surface area (Å²) in [6.45, 7) is 0.514. The van der Waals surface area contributed by atoms with Crippen molar-refractivity contribution in [1.29, 1.82) is 0 Å². The number of nitrogens with two attached hydrogens (primary N) is 1. The lowest BCUT2D eigenvalue weighted by Gasteiger charge is -2.37. The van der Waals surface area contributed by atoms with Crippen LogP contribution in [0.5, 0.6) is 0 Å². The maximum absolute atomic E-state index is 12.1. The molecule has 5 heteroatoms. The normalized spacial score (nSPS) is 27.6. The van der Waals surface area contributed by atoms with Crippen LogP contribution >= 0.6 is 0 Å². The van der Waals surface area contributed by atoms with Crippen molar-refractivity contribution in [3.8, 4) is 0 Å². The van der Waals surface area contributed by atoms with Crippen molar-refractivity contribution in [2.24, 2.45) is 0 Å². The van der Waals surface area contributed by atoms with Crippen LogP contribution < -0.4 is 16.0 Å². The van der Waals surface area contributed by atoms with Crippen molar-refractivity contribution >= 4 is 11.8 Å². The second-order valence-electron chi connectivity index (χ2n) is 6.33. The third kappa shape index (κ3) is 3.65. The monoisotopic (exact) mass is 302 g/mol. The molecule has 22 heavy (non-hydrogen) atoms. The summed E-state index contributed by atoms with van der Waals surface area (Å²) in [5.41, 5.74) is 1.07. The zero-order valence-corrected chi connectivity index (χ0v) is 12.8. The summed E-state index contributed by atoms with van der Waals surface area (Å²) in [5, 5.41) is 8.11. The van der Waals surface area contributed by atoms with Gasteiger partial charge in [-0.2, -0.15) is 0 Å².